The Morgan fingerprint density at radius 2 is 2.05 bits per heavy atom. The summed E-state index contributed by atoms with van der Waals surface area (Å²) in [4.78, 5) is 15.1. The lowest BCUT2D eigenvalue weighted by atomic mass is 10.1. The molecule has 0 N–H and O–H groups in total. The molecule has 0 spiro atoms. The molecule has 2 heterocycles. The number of halogens is 1. The molecule has 1 aliphatic rings. The second kappa shape index (κ2) is 5.62. The lowest BCUT2D eigenvalue weighted by Gasteiger charge is -2.26. The summed E-state index contributed by atoms with van der Waals surface area (Å²) in [7, 11) is 1.63. The van der Waals surface area contributed by atoms with Crippen LogP contribution in [0.15, 0.2) is 18.2 Å². The molecule has 1 fully saturated rings. The van der Waals surface area contributed by atoms with E-state index in [1.54, 1.807) is 7.11 Å². The topological polar surface area (TPSA) is 29.5 Å². The number of carbonyl (C=O) groups excluding carboxylic acids is 1. The first kappa shape index (κ1) is 13.7. The van der Waals surface area contributed by atoms with Crippen molar-refractivity contribution < 1.29 is 9.53 Å². The Morgan fingerprint density at radius 3 is 2.75 bits per heavy atom. The van der Waals surface area contributed by atoms with E-state index < -0.39 is 0 Å². The van der Waals surface area contributed by atoms with Crippen LogP contribution in [0.25, 0.3) is 10.1 Å². The summed E-state index contributed by atoms with van der Waals surface area (Å²) >= 11 is 7.87. The summed E-state index contributed by atoms with van der Waals surface area (Å²) < 4.78 is 6.24. The zero-order chi connectivity index (χ0) is 14.1. The number of methoxy groups -OCH3 is 1. The van der Waals surface area contributed by atoms with Crippen molar-refractivity contribution in [3.05, 3.63) is 28.1 Å². The van der Waals surface area contributed by atoms with E-state index >= 15 is 0 Å². The molecule has 0 unspecified atom stereocenters. The predicted molar refractivity (Wildman–Crippen MR) is 83.1 cm³/mol. The zero-order valence-electron chi connectivity index (χ0n) is 11.3. The van der Waals surface area contributed by atoms with E-state index in [-0.39, 0.29) is 5.91 Å². The van der Waals surface area contributed by atoms with Crippen molar-refractivity contribution in [3.63, 3.8) is 0 Å². The third kappa shape index (κ3) is 2.38. The number of thiophene rings is 1. The molecule has 5 heteroatoms. The van der Waals surface area contributed by atoms with Crippen molar-refractivity contribution in [1.82, 2.24) is 4.90 Å². The number of amides is 1. The van der Waals surface area contributed by atoms with E-state index in [1.807, 2.05) is 23.1 Å². The van der Waals surface area contributed by atoms with Crippen molar-refractivity contribution >= 4 is 38.9 Å². The van der Waals surface area contributed by atoms with Gasteiger partial charge in [0.05, 0.1) is 12.1 Å². The Bertz CT molecular complexity index is 647. The molecule has 3 nitrogen and oxygen atoms in total. The Hall–Kier alpha value is -1.26. The van der Waals surface area contributed by atoms with Crippen LogP contribution in [-0.2, 0) is 0 Å². The van der Waals surface area contributed by atoms with Crippen LogP contribution in [0.4, 0.5) is 0 Å². The molecular formula is C15H16ClNO2S. The van der Waals surface area contributed by atoms with E-state index in [4.69, 9.17) is 16.3 Å². The summed E-state index contributed by atoms with van der Waals surface area (Å²) in [5, 5.41) is 1.45. The van der Waals surface area contributed by atoms with Crippen LogP contribution >= 0.6 is 22.9 Å². The minimum Gasteiger partial charge on any atom is -0.497 e. The summed E-state index contributed by atoms with van der Waals surface area (Å²) in [6.07, 6.45) is 3.38. The van der Waals surface area contributed by atoms with Gasteiger partial charge in [-0.15, -0.1) is 11.3 Å². The van der Waals surface area contributed by atoms with Gasteiger partial charge in [-0.1, -0.05) is 11.6 Å². The third-order valence-electron chi connectivity index (χ3n) is 3.67. The predicted octanol–water partition coefficient (Wildman–Crippen LogP) is 4.19. The van der Waals surface area contributed by atoms with Crippen molar-refractivity contribution in [3.8, 4) is 5.75 Å². The van der Waals surface area contributed by atoms with Gasteiger partial charge in [-0.05, 0) is 37.5 Å². The van der Waals surface area contributed by atoms with Crippen molar-refractivity contribution in [2.45, 2.75) is 19.3 Å². The average Bonchev–Trinajstić information content (AvgIpc) is 2.84. The van der Waals surface area contributed by atoms with E-state index in [0.29, 0.717) is 9.90 Å². The number of carbonyl (C=O) groups is 1. The highest BCUT2D eigenvalue weighted by Crippen LogP contribution is 2.38. The van der Waals surface area contributed by atoms with Gasteiger partial charge in [0.25, 0.3) is 5.91 Å². The number of ether oxygens (including phenoxy) is 1. The van der Waals surface area contributed by atoms with Gasteiger partial charge in [-0.3, -0.25) is 4.79 Å². The smallest absolute Gasteiger partial charge is 0.265 e. The average molecular weight is 310 g/mol. The number of likely N-dealkylation sites (tertiary alicyclic amines) is 1. The van der Waals surface area contributed by atoms with Gasteiger partial charge in [0, 0.05) is 23.2 Å². The molecule has 0 radical (unpaired) electrons. The number of piperidine rings is 1. The van der Waals surface area contributed by atoms with Gasteiger partial charge in [-0.2, -0.15) is 0 Å². The van der Waals surface area contributed by atoms with Crippen LogP contribution in [0.5, 0.6) is 5.75 Å². The minimum atomic E-state index is 0.0647. The molecule has 0 bridgehead atoms. The Balaban J connectivity index is 1.98. The molecule has 106 valence electrons. The number of rotatable bonds is 2. The lowest BCUT2D eigenvalue weighted by molar-refractivity contribution is 0.0729. The second-order valence-electron chi connectivity index (χ2n) is 4.96. The number of fused-ring (bicyclic) bond motifs is 1. The van der Waals surface area contributed by atoms with Crippen molar-refractivity contribution in [1.29, 1.82) is 0 Å². The maximum atomic E-state index is 12.6. The highest BCUT2D eigenvalue weighted by Gasteiger charge is 2.23. The molecule has 1 aliphatic heterocycles. The standard InChI is InChI=1S/C15H16ClNO2S/c1-19-10-5-6-12-11(9-10)13(16)14(20-12)15(18)17-7-3-2-4-8-17/h5-6,9H,2-4,7-8H2,1H3. The quantitative estimate of drug-likeness (QED) is 0.832. The summed E-state index contributed by atoms with van der Waals surface area (Å²) in [6.45, 7) is 1.68. The van der Waals surface area contributed by atoms with Crippen molar-refractivity contribution in [2.24, 2.45) is 0 Å². The monoisotopic (exact) mass is 309 g/mol. The van der Waals surface area contributed by atoms with E-state index in [0.717, 1.165) is 41.8 Å². The van der Waals surface area contributed by atoms with E-state index in [9.17, 15) is 4.79 Å². The third-order valence-corrected chi connectivity index (χ3v) is 5.34. The molecule has 0 saturated carbocycles. The second-order valence-corrected chi connectivity index (χ2v) is 6.39. The van der Waals surface area contributed by atoms with E-state index in [2.05, 4.69) is 0 Å². The number of nitrogens with zero attached hydrogens (tertiary/aromatic N) is 1. The van der Waals surface area contributed by atoms with Gasteiger partial charge in [-0.25, -0.2) is 0 Å². The number of hydrogen-bond donors (Lipinski definition) is 0. The Labute approximate surface area is 127 Å². The molecule has 2 aromatic rings. The molecule has 0 aliphatic carbocycles. The Morgan fingerprint density at radius 1 is 1.30 bits per heavy atom. The van der Waals surface area contributed by atoms with Crippen LogP contribution in [0.2, 0.25) is 5.02 Å². The van der Waals surface area contributed by atoms with Gasteiger partial charge in [0.15, 0.2) is 0 Å². The molecule has 1 amide bonds. The maximum Gasteiger partial charge on any atom is 0.265 e. The first-order valence-electron chi connectivity index (χ1n) is 6.76. The van der Waals surface area contributed by atoms with E-state index in [1.165, 1.54) is 17.8 Å². The van der Waals surface area contributed by atoms with Crippen LogP contribution < -0.4 is 4.74 Å². The summed E-state index contributed by atoms with van der Waals surface area (Å²) in [6, 6.07) is 5.74. The number of hydrogen-bond acceptors (Lipinski definition) is 3. The fourth-order valence-electron chi connectivity index (χ4n) is 2.55. The van der Waals surface area contributed by atoms with Gasteiger partial charge in [0.2, 0.25) is 0 Å². The van der Waals surface area contributed by atoms with Crippen LogP contribution in [-0.4, -0.2) is 31.0 Å². The van der Waals surface area contributed by atoms with Crippen LogP contribution in [0, 0.1) is 0 Å². The highest BCUT2D eigenvalue weighted by molar-refractivity contribution is 7.21. The lowest BCUT2D eigenvalue weighted by Crippen LogP contribution is -2.35. The summed E-state index contributed by atoms with van der Waals surface area (Å²) in [5.41, 5.74) is 0. The van der Waals surface area contributed by atoms with Crippen LogP contribution in [0.1, 0.15) is 28.9 Å². The largest absolute Gasteiger partial charge is 0.497 e. The fraction of sp³-hybridized carbons (Fsp3) is 0.400. The molecule has 20 heavy (non-hydrogen) atoms. The molecule has 1 saturated heterocycles. The zero-order valence-corrected chi connectivity index (χ0v) is 12.9. The van der Waals surface area contributed by atoms with Gasteiger partial charge in [0.1, 0.15) is 10.6 Å². The number of benzene rings is 1. The van der Waals surface area contributed by atoms with Gasteiger partial charge >= 0.3 is 0 Å². The van der Waals surface area contributed by atoms with Crippen LogP contribution in [0.3, 0.4) is 0 Å². The first-order chi connectivity index (χ1) is 9.70. The maximum absolute atomic E-state index is 12.6. The SMILES string of the molecule is COc1ccc2sc(C(=O)N3CCCCC3)c(Cl)c2c1. The molecular weight excluding hydrogens is 294 g/mol. The minimum absolute atomic E-state index is 0.0647. The first-order valence-corrected chi connectivity index (χ1v) is 7.95. The molecule has 1 aromatic heterocycles. The van der Waals surface area contributed by atoms with Crippen molar-refractivity contribution in [2.75, 3.05) is 20.2 Å². The molecule has 3 rings (SSSR count). The fourth-order valence-corrected chi connectivity index (χ4v) is 4.00. The summed E-state index contributed by atoms with van der Waals surface area (Å²) in [5.74, 6) is 0.823. The molecule has 1 aromatic carbocycles. The van der Waals surface area contributed by atoms with Gasteiger partial charge < -0.3 is 9.64 Å². The molecule has 0 atom stereocenters. The Kier molecular flexibility index (Phi) is 3.85. The normalized spacial score (nSPS) is 15.6. The highest BCUT2D eigenvalue weighted by atomic mass is 35.5.